The highest BCUT2D eigenvalue weighted by molar-refractivity contribution is 8.14. The molecule has 0 saturated carbocycles. The zero-order valence-corrected chi connectivity index (χ0v) is 15.7. The van der Waals surface area contributed by atoms with E-state index in [2.05, 4.69) is 68.0 Å². The summed E-state index contributed by atoms with van der Waals surface area (Å²) in [6, 6.07) is 20.5. The van der Waals surface area contributed by atoms with Crippen LogP contribution in [0.5, 0.6) is 0 Å². The minimum Gasteiger partial charge on any atom is -0.359 e. The fourth-order valence-corrected chi connectivity index (χ4v) is 4.13. The average Bonchev–Trinajstić information content (AvgIpc) is 3.12. The second-order valence-electron chi connectivity index (χ2n) is 6.57. The van der Waals surface area contributed by atoms with Crippen molar-refractivity contribution in [3.8, 4) is 0 Å². The molecule has 1 aliphatic heterocycles. The molecule has 138 valence electrons. The average molecular weight is 387 g/mol. The SMILES string of the molecule is O=c1[nH]c2ccc(C3=NN=C(NCc4cccc5ccccc45)SC3)cc2[nH]1. The number of aromatic amines is 2. The van der Waals surface area contributed by atoms with Gasteiger partial charge in [0.05, 0.1) is 16.7 Å². The van der Waals surface area contributed by atoms with Crippen LogP contribution >= 0.6 is 11.8 Å². The lowest BCUT2D eigenvalue weighted by atomic mass is 10.0. The van der Waals surface area contributed by atoms with Gasteiger partial charge in [0.25, 0.3) is 0 Å². The van der Waals surface area contributed by atoms with Gasteiger partial charge in [-0.25, -0.2) is 4.79 Å². The van der Waals surface area contributed by atoms with E-state index in [1.165, 1.54) is 16.3 Å². The van der Waals surface area contributed by atoms with Crippen molar-refractivity contribution in [3.63, 3.8) is 0 Å². The molecule has 0 bridgehead atoms. The Balaban J connectivity index is 1.34. The van der Waals surface area contributed by atoms with Crippen molar-refractivity contribution < 1.29 is 0 Å². The molecular formula is C21H17N5OS. The predicted molar refractivity (Wildman–Crippen MR) is 116 cm³/mol. The van der Waals surface area contributed by atoms with Crippen molar-refractivity contribution >= 4 is 44.4 Å². The van der Waals surface area contributed by atoms with Crippen LogP contribution < -0.4 is 11.0 Å². The first-order valence-electron chi connectivity index (χ1n) is 8.96. The number of amidine groups is 1. The molecule has 1 aliphatic rings. The molecule has 2 heterocycles. The van der Waals surface area contributed by atoms with Gasteiger partial charge in [-0.15, -0.1) is 5.10 Å². The van der Waals surface area contributed by atoms with E-state index in [4.69, 9.17) is 0 Å². The van der Waals surface area contributed by atoms with E-state index < -0.39 is 0 Å². The first-order chi connectivity index (χ1) is 13.8. The molecule has 0 radical (unpaired) electrons. The van der Waals surface area contributed by atoms with Crippen molar-refractivity contribution in [3.05, 3.63) is 82.3 Å². The Morgan fingerprint density at radius 1 is 0.964 bits per heavy atom. The number of hydrogen-bond acceptors (Lipinski definition) is 5. The topological polar surface area (TPSA) is 85.4 Å². The van der Waals surface area contributed by atoms with Crippen molar-refractivity contribution in [1.29, 1.82) is 0 Å². The molecule has 3 N–H and O–H groups in total. The molecular weight excluding hydrogens is 370 g/mol. The number of H-pyrrole nitrogens is 2. The lowest BCUT2D eigenvalue weighted by molar-refractivity contribution is 0.927. The van der Waals surface area contributed by atoms with E-state index >= 15 is 0 Å². The zero-order chi connectivity index (χ0) is 18.9. The molecule has 0 spiro atoms. The largest absolute Gasteiger partial charge is 0.359 e. The Bertz CT molecular complexity index is 1300. The van der Waals surface area contributed by atoms with Crippen LogP contribution in [0, 0.1) is 0 Å². The summed E-state index contributed by atoms with van der Waals surface area (Å²) < 4.78 is 0. The molecule has 0 atom stereocenters. The fourth-order valence-electron chi connectivity index (χ4n) is 3.36. The minimum atomic E-state index is -0.204. The molecule has 7 heteroatoms. The molecule has 0 unspecified atom stereocenters. The summed E-state index contributed by atoms with van der Waals surface area (Å²) in [7, 11) is 0. The first kappa shape index (κ1) is 16.8. The molecule has 1 aromatic heterocycles. The Morgan fingerprint density at radius 2 is 1.82 bits per heavy atom. The summed E-state index contributed by atoms with van der Waals surface area (Å²) in [5.41, 5.74) is 4.46. The molecule has 3 aromatic carbocycles. The monoisotopic (exact) mass is 387 g/mol. The molecule has 0 fully saturated rings. The maximum Gasteiger partial charge on any atom is 0.323 e. The van der Waals surface area contributed by atoms with Crippen LogP contribution in [0.25, 0.3) is 21.8 Å². The van der Waals surface area contributed by atoms with Crippen LogP contribution in [-0.4, -0.2) is 26.6 Å². The number of hydrogen-bond donors (Lipinski definition) is 3. The molecule has 5 rings (SSSR count). The van der Waals surface area contributed by atoms with Gasteiger partial charge in [0.1, 0.15) is 0 Å². The molecule has 0 aliphatic carbocycles. The van der Waals surface area contributed by atoms with E-state index in [-0.39, 0.29) is 5.69 Å². The minimum absolute atomic E-state index is 0.204. The van der Waals surface area contributed by atoms with Gasteiger partial charge in [0, 0.05) is 17.9 Å². The molecule has 6 nitrogen and oxygen atoms in total. The Hall–Kier alpha value is -3.32. The Kier molecular flexibility index (Phi) is 4.21. The summed E-state index contributed by atoms with van der Waals surface area (Å²) in [6.45, 7) is 0.703. The van der Waals surface area contributed by atoms with Gasteiger partial charge in [-0.2, -0.15) is 5.10 Å². The van der Waals surface area contributed by atoms with Gasteiger partial charge in [-0.05, 0) is 28.5 Å². The Morgan fingerprint density at radius 3 is 2.71 bits per heavy atom. The van der Waals surface area contributed by atoms with E-state index in [1.807, 2.05) is 18.2 Å². The molecule has 4 aromatic rings. The number of benzene rings is 3. The second-order valence-corrected chi connectivity index (χ2v) is 7.54. The summed E-state index contributed by atoms with van der Waals surface area (Å²) in [5, 5.41) is 15.4. The van der Waals surface area contributed by atoms with Crippen molar-refractivity contribution in [2.24, 2.45) is 10.2 Å². The fraction of sp³-hybridized carbons (Fsp3) is 0.0952. The van der Waals surface area contributed by atoms with Crippen LogP contribution in [0.1, 0.15) is 11.1 Å². The maximum absolute atomic E-state index is 11.4. The van der Waals surface area contributed by atoms with Gasteiger partial charge in [0.2, 0.25) is 0 Å². The first-order valence-corrected chi connectivity index (χ1v) is 9.95. The highest BCUT2D eigenvalue weighted by Crippen LogP contribution is 2.20. The van der Waals surface area contributed by atoms with Crippen LogP contribution in [0.2, 0.25) is 0 Å². The van der Waals surface area contributed by atoms with Crippen LogP contribution in [-0.2, 0) is 6.54 Å². The lowest BCUT2D eigenvalue weighted by Crippen LogP contribution is -2.24. The normalized spacial score (nSPS) is 14.1. The van der Waals surface area contributed by atoms with Gasteiger partial charge >= 0.3 is 5.69 Å². The number of nitrogens with one attached hydrogen (secondary N) is 3. The summed E-state index contributed by atoms with van der Waals surface area (Å²) in [5.74, 6) is 0.724. The van der Waals surface area contributed by atoms with Crippen LogP contribution in [0.4, 0.5) is 0 Å². The predicted octanol–water partition coefficient (Wildman–Crippen LogP) is 3.61. The lowest BCUT2D eigenvalue weighted by Gasteiger charge is -2.14. The maximum atomic E-state index is 11.4. The molecule has 0 amide bonds. The second kappa shape index (κ2) is 7.01. The van der Waals surface area contributed by atoms with Crippen LogP contribution in [0.3, 0.4) is 0 Å². The quantitative estimate of drug-likeness (QED) is 0.502. The standard InChI is InChI=1S/C21H17N5OS/c27-20-23-17-9-8-14(10-18(17)24-20)19-12-28-21(26-25-19)22-11-15-6-3-5-13-4-1-2-7-16(13)15/h1-10H,11-12H2,(H,22,26)(H2,23,24,27). The third kappa shape index (κ3) is 3.20. The van der Waals surface area contributed by atoms with Crippen LogP contribution in [0.15, 0.2) is 75.7 Å². The number of rotatable bonds is 3. The van der Waals surface area contributed by atoms with Gasteiger partial charge in [0.15, 0.2) is 5.17 Å². The van der Waals surface area contributed by atoms with Crippen molar-refractivity contribution in [2.45, 2.75) is 6.54 Å². The summed E-state index contributed by atoms with van der Waals surface area (Å²) in [4.78, 5) is 16.9. The number of thioether (sulfide) groups is 1. The highest BCUT2D eigenvalue weighted by atomic mass is 32.2. The number of fused-ring (bicyclic) bond motifs is 2. The Labute approximate surface area is 164 Å². The number of nitrogens with zero attached hydrogens (tertiary/aromatic N) is 2. The van der Waals surface area contributed by atoms with E-state index in [1.54, 1.807) is 11.8 Å². The number of imidazole rings is 1. The van der Waals surface area contributed by atoms with Gasteiger partial charge in [-0.1, -0.05) is 60.3 Å². The van der Waals surface area contributed by atoms with E-state index in [0.29, 0.717) is 6.54 Å². The zero-order valence-electron chi connectivity index (χ0n) is 14.9. The molecule has 0 saturated heterocycles. The van der Waals surface area contributed by atoms with Gasteiger partial charge < -0.3 is 15.3 Å². The van der Waals surface area contributed by atoms with Gasteiger partial charge in [-0.3, -0.25) is 0 Å². The number of aromatic nitrogens is 2. The molecule has 28 heavy (non-hydrogen) atoms. The third-order valence-corrected chi connectivity index (χ3v) is 5.68. The smallest absolute Gasteiger partial charge is 0.323 e. The van der Waals surface area contributed by atoms with Crippen molar-refractivity contribution in [1.82, 2.24) is 15.3 Å². The summed E-state index contributed by atoms with van der Waals surface area (Å²) in [6.07, 6.45) is 0. The van der Waals surface area contributed by atoms with E-state index in [0.717, 1.165) is 33.2 Å². The highest BCUT2D eigenvalue weighted by Gasteiger charge is 2.13. The van der Waals surface area contributed by atoms with E-state index in [9.17, 15) is 4.79 Å². The van der Waals surface area contributed by atoms with Crippen molar-refractivity contribution in [2.75, 3.05) is 5.75 Å². The third-order valence-electron chi connectivity index (χ3n) is 4.77. The summed E-state index contributed by atoms with van der Waals surface area (Å²) >= 11 is 1.63.